The maximum atomic E-state index is 5.88. The van der Waals surface area contributed by atoms with Crippen LogP contribution in [0.15, 0.2) is 24.5 Å². The summed E-state index contributed by atoms with van der Waals surface area (Å²) in [6, 6.07) is 6.25. The second-order valence-electron chi connectivity index (χ2n) is 4.93. The summed E-state index contributed by atoms with van der Waals surface area (Å²) in [4.78, 5) is 0. The summed E-state index contributed by atoms with van der Waals surface area (Å²) >= 11 is 0. The van der Waals surface area contributed by atoms with E-state index in [9.17, 15) is 0 Å². The number of nitrogens with zero attached hydrogens (tertiary/aromatic N) is 3. The predicted molar refractivity (Wildman–Crippen MR) is 78.5 cm³/mol. The molecule has 0 radical (unpaired) electrons. The van der Waals surface area contributed by atoms with E-state index in [1.54, 1.807) is 6.33 Å². The molecule has 0 fully saturated rings. The van der Waals surface area contributed by atoms with E-state index in [1.165, 1.54) is 11.1 Å². The van der Waals surface area contributed by atoms with Gasteiger partial charge in [0.25, 0.3) is 0 Å². The zero-order valence-corrected chi connectivity index (χ0v) is 12.4. The quantitative estimate of drug-likeness (QED) is 0.786. The van der Waals surface area contributed by atoms with Gasteiger partial charge in [0, 0.05) is 19.2 Å². The van der Waals surface area contributed by atoms with E-state index in [0.29, 0.717) is 6.61 Å². The van der Waals surface area contributed by atoms with Crippen molar-refractivity contribution in [3.63, 3.8) is 0 Å². The first-order valence-corrected chi connectivity index (χ1v) is 6.96. The number of nitrogens with one attached hydrogen (secondary N) is 1. The zero-order valence-electron chi connectivity index (χ0n) is 12.4. The zero-order chi connectivity index (χ0) is 14.4. The Bertz CT molecular complexity index is 551. The Balaban J connectivity index is 2.04. The van der Waals surface area contributed by atoms with Crippen LogP contribution in [-0.2, 0) is 20.2 Å². The first-order chi connectivity index (χ1) is 9.70. The van der Waals surface area contributed by atoms with Gasteiger partial charge in [0.1, 0.15) is 18.7 Å². The van der Waals surface area contributed by atoms with Gasteiger partial charge in [0.05, 0.1) is 0 Å². The smallest absolute Gasteiger partial charge is 0.170 e. The fourth-order valence-electron chi connectivity index (χ4n) is 1.97. The van der Waals surface area contributed by atoms with E-state index in [2.05, 4.69) is 41.5 Å². The SMILES string of the molecule is CCCNCc1cc(C)ccc1OCc1nncn1C. The van der Waals surface area contributed by atoms with Crippen LogP contribution >= 0.6 is 0 Å². The molecule has 5 heteroatoms. The Kier molecular flexibility index (Phi) is 5.12. The van der Waals surface area contributed by atoms with E-state index in [0.717, 1.165) is 31.1 Å². The van der Waals surface area contributed by atoms with Crippen molar-refractivity contribution in [2.45, 2.75) is 33.4 Å². The molecule has 0 unspecified atom stereocenters. The van der Waals surface area contributed by atoms with Crippen LogP contribution in [0.3, 0.4) is 0 Å². The van der Waals surface area contributed by atoms with E-state index >= 15 is 0 Å². The maximum Gasteiger partial charge on any atom is 0.170 e. The van der Waals surface area contributed by atoms with Crippen LogP contribution in [-0.4, -0.2) is 21.3 Å². The number of benzene rings is 1. The molecule has 2 aromatic rings. The predicted octanol–water partition coefficient (Wildman–Crippen LogP) is 2.20. The molecule has 108 valence electrons. The second-order valence-corrected chi connectivity index (χ2v) is 4.93. The highest BCUT2D eigenvalue weighted by molar-refractivity contribution is 5.36. The van der Waals surface area contributed by atoms with E-state index < -0.39 is 0 Å². The minimum absolute atomic E-state index is 0.431. The third kappa shape index (κ3) is 3.81. The number of aromatic nitrogens is 3. The van der Waals surface area contributed by atoms with Crippen molar-refractivity contribution in [2.75, 3.05) is 6.54 Å². The summed E-state index contributed by atoms with van der Waals surface area (Å²) in [7, 11) is 1.91. The Labute approximate surface area is 120 Å². The Hall–Kier alpha value is -1.88. The molecule has 5 nitrogen and oxygen atoms in total. The molecule has 2 rings (SSSR count). The lowest BCUT2D eigenvalue weighted by molar-refractivity contribution is 0.287. The largest absolute Gasteiger partial charge is 0.485 e. The summed E-state index contributed by atoms with van der Waals surface area (Å²) in [6.45, 7) is 6.52. The molecule has 1 aromatic heterocycles. The molecular formula is C15H22N4O. The fourth-order valence-corrected chi connectivity index (χ4v) is 1.97. The van der Waals surface area contributed by atoms with E-state index in [4.69, 9.17) is 4.74 Å². The normalized spacial score (nSPS) is 10.8. The van der Waals surface area contributed by atoms with Crippen LogP contribution in [0.2, 0.25) is 0 Å². The molecule has 0 aliphatic heterocycles. The van der Waals surface area contributed by atoms with Crippen molar-refractivity contribution < 1.29 is 4.74 Å². The monoisotopic (exact) mass is 274 g/mol. The van der Waals surface area contributed by atoms with Crippen LogP contribution in [0.5, 0.6) is 5.75 Å². The summed E-state index contributed by atoms with van der Waals surface area (Å²) < 4.78 is 7.75. The molecule has 0 amide bonds. The van der Waals surface area contributed by atoms with E-state index in [1.807, 2.05) is 17.7 Å². The van der Waals surface area contributed by atoms with Gasteiger partial charge in [-0.25, -0.2) is 0 Å². The van der Waals surface area contributed by atoms with Crippen molar-refractivity contribution in [1.29, 1.82) is 0 Å². The fraction of sp³-hybridized carbons (Fsp3) is 0.467. The van der Waals surface area contributed by atoms with Gasteiger partial charge in [0.2, 0.25) is 0 Å². The molecule has 0 bridgehead atoms. The Morgan fingerprint density at radius 1 is 1.35 bits per heavy atom. The average Bonchev–Trinajstić information content (AvgIpc) is 2.84. The third-order valence-corrected chi connectivity index (χ3v) is 3.12. The molecule has 0 saturated heterocycles. The number of hydrogen-bond acceptors (Lipinski definition) is 4. The summed E-state index contributed by atoms with van der Waals surface area (Å²) in [6.07, 6.45) is 2.80. The molecule has 0 saturated carbocycles. The summed E-state index contributed by atoms with van der Waals surface area (Å²) in [5.41, 5.74) is 2.42. The van der Waals surface area contributed by atoms with Gasteiger partial charge in [-0.3, -0.25) is 0 Å². The number of ether oxygens (including phenoxy) is 1. The van der Waals surface area contributed by atoms with Gasteiger partial charge >= 0.3 is 0 Å². The van der Waals surface area contributed by atoms with Crippen molar-refractivity contribution in [3.8, 4) is 5.75 Å². The van der Waals surface area contributed by atoms with Crippen LogP contribution in [0.25, 0.3) is 0 Å². The lowest BCUT2D eigenvalue weighted by atomic mass is 10.1. The van der Waals surface area contributed by atoms with E-state index in [-0.39, 0.29) is 0 Å². The highest BCUT2D eigenvalue weighted by Gasteiger charge is 2.07. The highest BCUT2D eigenvalue weighted by atomic mass is 16.5. The van der Waals surface area contributed by atoms with Crippen molar-refractivity contribution >= 4 is 0 Å². The lowest BCUT2D eigenvalue weighted by Gasteiger charge is -2.12. The molecule has 0 atom stereocenters. The molecule has 1 N–H and O–H groups in total. The minimum Gasteiger partial charge on any atom is -0.485 e. The third-order valence-electron chi connectivity index (χ3n) is 3.12. The highest BCUT2D eigenvalue weighted by Crippen LogP contribution is 2.21. The average molecular weight is 274 g/mol. The Morgan fingerprint density at radius 3 is 2.90 bits per heavy atom. The number of aryl methyl sites for hydroxylation is 2. The van der Waals surface area contributed by atoms with Gasteiger partial charge < -0.3 is 14.6 Å². The molecule has 1 aromatic carbocycles. The standard InChI is InChI=1S/C15H22N4O/c1-4-7-16-9-13-8-12(2)5-6-14(13)20-10-15-18-17-11-19(15)3/h5-6,8,11,16H,4,7,9-10H2,1-3H3. The topological polar surface area (TPSA) is 52.0 Å². The molecule has 0 aliphatic carbocycles. The minimum atomic E-state index is 0.431. The van der Waals surface area contributed by atoms with Crippen LogP contribution in [0, 0.1) is 6.92 Å². The van der Waals surface area contributed by atoms with Gasteiger partial charge in [-0.1, -0.05) is 24.6 Å². The van der Waals surface area contributed by atoms with Crippen molar-refractivity contribution in [3.05, 3.63) is 41.5 Å². The molecule has 1 heterocycles. The number of hydrogen-bond donors (Lipinski definition) is 1. The Morgan fingerprint density at radius 2 is 2.20 bits per heavy atom. The molecular weight excluding hydrogens is 252 g/mol. The van der Waals surface area contributed by atoms with Gasteiger partial charge in [-0.2, -0.15) is 0 Å². The molecule has 0 aliphatic rings. The van der Waals surface area contributed by atoms with Crippen LogP contribution in [0.4, 0.5) is 0 Å². The van der Waals surface area contributed by atoms with Crippen LogP contribution < -0.4 is 10.1 Å². The first kappa shape index (κ1) is 14.5. The second kappa shape index (κ2) is 7.05. The van der Waals surface area contributed by atoms with Crippen molar-refractivity contribution in [1.82, 2.24) is 20.1 Å². The van der Waals surface area contributed by atoms with Crippen LogP contribution in [0.1, 0.15) is 30.3 Å². The summed E-state index contributed by atoms with van der Waals surface area (Å²) in [5.74, 6) is 1.72. The number of rotatable bonds is 7. The van der Waals surface area contributed by atoms with Crippen molar-refractivity contribution in [2.24, 2.45) is 7.05 Å². The van der Waals surface area contributed by atoms with Gasteiger partial charge in [0.15, 0.2) is 5.82 Å². The van der Waals surface area contributed by atoms with Gasteiger partial charge in [-0.15, -0.1) is 10.2 Å². The first-order valence-electron chi connectivity index (χ1n) is 6.96. The maximum absolute atomic E-state index is 5.88. The molecule has 20 heavy (non-hydrogen) atoms. The molecule has 0 spiro atoms. The van der Waals surface area contributed by atoms with Gasteiger partial charge in [-0.05, 0) is 26.0 Å². The lowest BCUT2D eigenvalue weighted by Crippen LogP contribution is -2.15. The summed E-state index contributed by atoms with van der Waals surface area (Å²) in [5, 5.41) is 11.3.